The number of nitrogens with one attached hydrogen (secondary N) is 1. The molecule has 0 aromatic carbocycles. The van der Waals surface area contributed by atoms with E-state index in [1.807, 2.05) is 30.5 Å². The molecule has 9 heteroatoms. The summed E-state index contributed by atoms with van der Waals surface area (Å²) in [5, 5.41) is 3.41. The zero-order valence-electron chi connectivity index (χ0n) is 19.3. The molecule has 0 bridgehead atoms. The van der Waals surface area contributed by atoms with Gasteiger partial charge in [-0.15, -0.1) is 0 Å². The Kier molecular flexibility index (Phi) is 7.51. The number of anilines is 2. The monoisotopic (exact) mass is 450 g/mol. The van der Waals surface area contributed by atoms with Crippen molar-refractivity contribution >= 4 is 11.6 Å². The Hall–Kier alpha value is -3.46. The van der Waals surface area contributed by atoms with Crippen LogP contribution in [0.3, 0.4) is 0 Å². The maximum Gasteiger partial charge on any atom is 0.257 e. The van der Waals surface area contributed by atoms with Gasteiger partial charge in [-0.05, 0) is 25.1 Å². The molecule has 0 fully saturated rings. The lowest BCUT2D eigenvalue weighted by Gasteiger charge is -2.23. The first-order valence-corrected chi connectivity index (χ1v) is 11.2. The Morgan fingerprint density at radius 3 is 2.79 bits per heavy atom. The van der Waals surface area contributed by atoms with Crippen LogP contribution in [-0.4, -0.2) is 66.5 Å². The van der Waals surface area contributed by atoms with E-state index in [0.29, 0.717) is 32.2 Å². The minimum atomic E-state index is 0.176. The molecule has 4 heterocycles. The number of methoxy groups -OCH3 is 1. The Bertz CT molecular complexity index is 1050. The van der Waals surface area contributed by atoms with E-state index < -0.39 is 0 Å². The smallest absolute Gasteiger partial charge is 0.257 e. The van der Waals surface area contributed by atoms with Gasteiger partial charge in [0.25, 0.3) is 5.88 Å². The summed E-state index contributed by atoms with van der Waals surface area (Å²) in [5.41, 5.74) is 2.82. The van der Waals surface area contributed by atoms with Crippen molar-refractivity contribution in [3.05, 3.63) is 48.5 Å². The first-order valence-electron chi connectivity index (χ1n) is 11.2. The molecule has 0 spiro atoms. The summed E-state index contributed by atoms with van der Waals surface area (Å²) in [6.07, 6.45) is 5.17. The number of fused-ring (bicyclic) bond motifs is 1. The number of ether oxygens (including phenoxy) is 3. The second kappa shape index (κ2) is 10.9. The predicted octanol–water partition coefficient (Wildman–Crippen LogP) is 3.39. The van der Waals surface area contributed by atoms with Gasteiger partial charge < -0.3 is 24.4 Å². The molecule has 1 atom stereocenters. The van der Waals surface area contributed by atoms with Crippen LogP contribution in [-0.2, 0) is 4.74 Å². The molecule has 0 amide bonds. The highest BCUT2D eigenvalue weighted by Crippen LogP contribution is 2.35. The van der Waals surface area contributed by atoms with E-state index in [4.69, 9.17) is 14.2 Å². The summed E-state index contributed by atoms with van der Waals surface area (Å²) in [7, 11) is 1.71. The average molecular weight is 451 g/mol. The van der Waals surface area contributed by atoms with Crippen LogP contribution < -0.4 is 19.7 Å². The molecular weight excluding hydrogens is 420 g/mol. The quantitative estimate of drug-likeness (QED) is 0.499. The first kappa shape index (κ1) is 22.7. The molecule has 3 aromatic heterocycles. The molecule has 3 aromatic rings. The Balaban J connectivity index is 1.42. The van der Waals surface area contributed by atoms with Crippen LogP contribution in [0.25, 0.3) is 11.3 Å². The van der Waals surface area contributed by atoms with Gasteiger partial charge in [0.2, 0.25) is 0 Å². The minimum absolute atomic E-state index is 0.176. The number of hydrogen-bond donors (Lipinski definition) is 1. The van der Waals surface area contributed by atoms with Crippen molar-refractivity contribution < 1.29 is 14.2 Å². The Morgan fingerprint density at radius 2 is 2.00 bits per heavy atom. The van der Waals surface area contributed by atoms with Crippen LogP contribution in [0.15, 0.2) is 43.0 Å². The molecule has 0 radical (unpaired) electrons. The van der Waals surface area contributed by atoms with E-state index in [1.54, 1.807) is 19.6 Å². The van der Waals surface area contributed by atoms with Crippen LogP contribution in [0, 0.1) is 0 Å². The highest BCUT2D eigenvalue weighted by atomic mass is 16.6. The van der Waals surface area contributed by atoms with Crippen molar-refractivity contribution in [3.8, 4) is 22.9 Å². The molecule has 1 aliphatic rings. The van der Waals surface area contributed by atoms with E-state index in [9.17, 15) is 0 Å². The summed E-state index contributed by atoms with van der Waals surface area (Å²) in [4.78, 5) is 19.9. The summed E-state index contributed by atoms with van der Waals surface area (Å²) >= 11 is 0. The van der Waals surface area contributed by atoms with Gasteiger partial charge in [0.15, 0.2) is 5.75 Å². The normalized spacial score (nSPS) is 13.4. The zero-order valence-corrected chi connectivity index (χ0v) is 19.3. The Morgan fingerprint density at radius 1 is 1.12 bits per heavy atom. The molecule has 9 nitrogen and oxygen atoms in total. The molecule has 0 unspecified atom stereocenters. The summed E-state index contributed by atoms with van der Waals surface area (Å²) in [6.45, 7) is 8.32. The van der Waals surface area contributed by atoms with Crippen molar-refractivity contribution in [1.82, 2.24) is 19.9 Å². The van der Waals surface area contributed by atoms with Crippen molar-refractivity contribution in [2.75, 3.05) is 56.8 Å². The van der Waals surface area contributed by atoms with Gasteiger partial charge in [-0.3, -0.25) is 0 Å². The molecule has 0 aliphatic carbocycles. The molecule has 1 aliphatic heterocycles. The van der Waals surface area contributed by atoms with Crippen molar-refractivity contribution in [1.29, 1.82) is 0 Å². The topological polar surface area (TPSA) is 94.5 Å². The number of hydrogen-bond acceptors (Lipinski definition) is 9. The lowest BCUT2D eigenvalue weighted by molar-refractivity contribution is 0.162. The number of rotatable bonds is 10. The van der Waals surface area contributed by atoms with Gasteiger partial charge in [0.1, 0.15) is 31.2 Å². The van der Waals surface area contributed by atoms with Crippen molar-refractivity contribution in [2.45, 2.75) is 19.8 Å². The fraction of sp³-hybridized carbons (Fsp3) is 0.417. The van der Waals surface area contributed by atoms with Gasteiger partial charge in [0.05, 0.1) is 12.3 Å². The third-order valence-corrected chi connectivity index (χ3v) is 5.57. The number of aromatic nitrogens is 4. The molecular formula is C24H30N6O3. The number of pyridine rings is 2. The third kappa shape index (κ3) is 5.48. The zero-order chi connectivity index (χ0) is 23.0. The largest absolute Gasteiger partial charge is 0.484 e. The van der Waals surface area contributed by atoms with Gasteiger partial charge in [0, 0.05) is 62.2 Å². The van der Waals surface area contributed by atoms with Crippen molar-refractivity contribution in [2.24, 2.45) is 0 Å². The Labute approximate surface area is 194 Å². The van der Waals surface area contributed by atoms with E-state index in [1.165, 1.54) is 0 Å². The highest BCUT2D eigenvalue weighted by Gasteiger charge is 2.20. The second-order valence-corrected chi connectivity index (χ2v) is 7.78. The van der Waals surface area contributed by atoms with Crippen LogP contribution >= 0.6 is 0 Å². The fourth-order valence-electron chi connectivity index (χ4n) is 3.70. The molecule has 33 heavy (non-hydrogen) atoms. The average Bonchev–Trinajstić information content (AvgIpc) is 2.88. The van der Waals surface area contributed by atoms with Crippen LogP contribution in [0.4, 0.5) is 11.6 Å². The first-order chi connectivity index (χ1) is 16.2. The lowest BCUT2D eigenvalue weighted by atomic mass is 10.0. The predicted molar refractivity (Wildman–Crippen MR) is 127 cm³/mol. The molecule has 0 saturated heterocycles. The second-order valence-electron chi connectivity index (χ2n) is 7.78. The molecule has 0 saturated carbocycles. The lowest BCUT2D eigenvalue weighted by Crippen LogP contribution is -2.27. The van der Waals surface area contributed by atoms with Gasteiger partial charge in [-0.25, -0.2) is 19.9 Å². The summed E-state index contributed by atoms with van der Waals surface area (Å²) in [5.74, 6) is 3.15. The SMILES string of the molecule is CCN(CCOC)c1ccc(-c2cc(NC[C@@H](C)c3ccnc4c3OCCO4)ncn2)cn1. The van der Waals surface area contributed by atoms with Gasteiger partial charge in [-0.1, -0.05) is 6.92 Å². The maximum atomic E-state index is 5.80. The van der Waals surface area contributed by atoms with Crippen LogP contribution in [0.2, 0.25) is 0 Å². The van der Waals surface area contributed by atoms with E-state index in [-0.39, 0.29) is 5.92 Å². The highest BCUT2D eigenvalue weighted by molar-refractivity contribution is 5.62. The fourth-order valence-corrected chi connectivity index (χ4v) is 3.70. The van der Waals surface area contributed by atoms with E-state index in [0.717, 1.165) is 47.3 Å². The van der Waals surface area contributed by atoms with Crippen LogP contribution in [0.5, 0.6) is 11.6 Å². The summed E-state index contributed by atoms with van der Waals surface area (Å²) < 4.78 is 16.6. The van der Waals surface area contributed by atoms with Gasteiger partial charge >= 0.3 is 0 Å². The molecule has 4 rings (SSSR count). The summed E-state index contributed by atoms with van der Waals surface area (Å²) in [6, 6.07) is 7.96. The molecule has 174 valence electrons. The van der Waals surface area contributed by atoms with Gasteiger partial charge in [-0.2, -0.15) is 0 Å². The standard InChI is InChI=1S/C24H30N6O3/c1-4-30(9-10-31-3)22-6-5-18(15-27-22)20-13-21(29-16-28-20)26-14-17(2)19-7-8-25-24-23(19)32-11-12-33-24/h5-8,13,15-17H,4,9-12,14H2,1-3H3,(H,26,28,29)/t17-/m1/s1. The maximum absolute atomic E-state index is 5.80. The van der Waals surface area contributed by atoms with E-state index in [2.05, 4.69) is 44.0 Å². The molecule has 1 N–H and O–H groups in total. The number of likely N-dealkylation sites (N-methyl/N-ethyl adjacent to an activating group) is 1. The van der Waals surface area contributed by atoms with Crippen LogP contribution in [0.1, 0.15) is 25.3 Å². The number of nitrogens with zero attached hydrogens (tertiary/aromatic N) is 5. The van der Waals surface area contributed by atoms with Crippen molar-refractivity contribution in [3.63, 3.8) is 0 Å². The van der Waals surface area contributed by atoms with E-state index >= 15 is 0 Å². The minimum Gasteiger partial charge on any atom is -0.484 e. The third-order valence-electron chi connectivity index (χ3n) is 5.57.